The first-order valence-corrected chi connectivity index (χ1v) is 5.94. The SMILES string of the molecule is COc1ccc(-c2nc3c(C)cc(N)cn3n2)cc1. The van der Waals surface area contributed by atoms with Crippen LogP contribution in [0.15, 0.2) is 36.5 Å². The van der Waals surface area contributed by atoms with Crippen LogP contribution in [-0.4, -0.2) is 21.7 Å². The predicted octanol–water partition coefficient (Wildman–Crippen LogP) is 2.30. The van der Waals surface area contributed by atoms with Gasteiger partial charge in [0.25, 0.3) is 0 Å². The van der Waals surface area contributed by atoms with Gasteiger partial charge in [0.15, 0.2) is 11.5 Å². The number of nitrogens with zero attached hydrogens (tertiary/aromatic N) is 3. The van der Waals surface area contributed by atoms with Gasteiger partial charge in [-0.2, -0.15) is 0 Å². The molecule has 0 unspecified atom stereocenters. The van der Waals surface area contributed by atoms with Gasteiger partial charge in [-0.15, -0.1) is 5.10 Å². The molecule has 2 aromatic heterocycles. The van der Waals surface area contributed by atoms with Gasteiger partial charge < -0.3 is 10.5 Å². The molecule has 5 nitrogen and oxygen atoms in total. The maximum absolute atomic E-state index is 5.81. The van der Waals surface area contributed by atoms with Crippen molar-refractivity contribution in [2.24, 2.45) is 0 Å². The largest absolute Gasteiger partial charge is 0.497 e. The minimum atomic E-state index is 0.677. The second-order valence-electron chi connectivity index (χ2n) is 4.39. The minimum Gasteiger partial charge on any atom is -0.497 e. The van der Waals surface area contributed by atoms with Gasteiger partial charge in [0, 0.05) is 5.56 Å². The molecule has 3 rings (SSSR count). The van der Waals surface area contributed by atoms with Crippen LogP contribution in [-0.2, 0) is 0 Å². The molecule has 96 valence electrons. The monoisotopic (exact) mass is 254 g/mol. The highest BCUT2D eigenvalue weighted by atomic mass is 16.5. The molecule has 0 aliphatic heterocycles. The fraction of sp³-hybridized carbons (Fsp3) is 0.143. The quantitative estimate of drug-likeness (QED) is 0.762. The summed E-state index contributed by atoms with van der Waals surface area (Å²) >= 11 is 0. The van der Waals surface area contributed by atoms with Gasteiger partial charge in [-0.1, -0.05) is 0 Å². The number of ether oxygens (including phenoxy) is 1. The van der Waals surface area contributed by atoms with Crippen LogP contribution in [0.1, 0.15) is 5.56 Å². The van der Waals surface area contributed by atoms with Crippen molar-refractivity contribution >= 4 is 11.3 Å². The Kier molecular flexibility index (Phi) is 2.59. The van der Waals surface area contributed by atoms with Gasteiger partial charge >= 0.3 is 0 Å². The van der Waals surface area contributed by atoms with E-state index in [0.717, 1.165) is 22.5 Å². The molecule has 0 aliphatic rings. The first-order chi connectivity index (χ1) is 9.17. The summed E-state index contributed by atoms with van der Waals surface area (Å²) in [6.45, 7) is 1.97. The fourth-order valence-electron chi connectivity index (χ4n) is 2.04. The first-order valence-electron chi connectivity index (χ1n) is 5.94. The van der Waals surface area contributed by atoms with Crippen molar-refractivity contribution in [2.75, 3.05) is 12.8 Å². The zero-order valence-corrected chi connectivity index (χ0v) is 10.8. The zero-order valence-electron chi connectivity index (χ0n) is 10.8. The second kappa shape index (κ2) is 4.28. The highest BCUT2D eigenvalue weighted by molar-refractivity contribution is 5.62. The Morgan fingerprint density at radius 2 is 1.95 bits per heavy atom. The molecule has 0 atom stereocenters. The summed E-state index contributed by atoms with van der Waals surface area (Å²) in [6, 6.07) is 9.55. The third kappa shape index (κ3) is 1.99. The Hall–Kier alpha value is -2.56. The lowest BCUT2D eigenvalue weighted by atomic mass is 10.2. The van der Waals surface area contributed by atoms with Crippen molar-refractivity contribution in [1.29, 1.82) is 0 Å². The van der Waals surface area contributed by atoms with Crippen LogP contribution in [0, 0.1) is 6.92 Å². The van der Waals surface area contributed by atoms with Crippen LogP contribution in [0.3, 0.4) is 0 Å². The molecule has 0 spiro atoms. The summed E-state index contributed by atoms with van der Waals surface area (Å²) in [4.78, 5) is 4.53. The van der Waals surface area contributed by atoms with E-state index >= 15 is 0 Å². The average molecular weight is 254 g/mol. The molecule has 3 aromatic rings. The molecule has 0 bridgehead atoms. The number of anilines is 1. The molecule has 1 aromatic carbocycles. The zero-order chi connectivity index (χ0) is 13.4. The van der Waals surface area contributed by atoms with Crippen LogP contribution >= 0.6 is 0 Å². The van der Waals surface area contributed by atoms with E-state index in [1.807, 2.05) is 37.3 Å². The van der Waals surface area contributed by atoms with Crippen molar-refractivity contribution in [2.45, 2.75) is 6.92 Å². The Labute approximate surface area is 110 Å². The molecule has 0 saturated heterocycles. The van der Waals surface area contributed by atoms with Crippen molar-refractivity contribution in [3.05, 3.63) is 42.1 Å². The van der Waals surface area contributed by atoms with E-state index < -0.39 is 0 Å². The highest BCUT2D eigenvalue weighted by Crippen LogP contribution is 2.21. The number of nitrogen functional groups attached to an aromatic ring is 1. The number of aromatic nitrogens is 3. The number of hydrogen-bond acceptors (Lipinski definition) is 4. The van der Waals surface area contributed by atoms with Gasteiger partial charge in [-0.25, -0.2) is 9.50 Å². The molecule has 5 heteroatoms. The highest BCUT2D eigenvalue weighted by Gasteiger charge is 2.08. The number of methoxy groups -OCH3 is 1. The van der Waals surface area contributed by atoms with Gasteiger partial charge in [-0.3, -0.25) is 0 Å². The van der Waals surface area contributed by atoms with Crippen molar-refractivity contribution in [3.8, 4) is 17.1 Å². The molecule has 0 radical (unpaired) electrons. The van der Waals surface area contributed by atoms with Crippen LogP contribution < -0.4 is 10.5 Å². The predicted molar refractivity (Wildman–Crippen MR) is 74.1 cm³/mol. The van der Waals surface area contributed by atoms with Gasteiger partial charge in [0.1, 0.15) is 5.75 Å². The molecule has 2 heterocycles. The van der Waals surface area contributed by atoms with E-state index in [2.05, 4.69) is 10.1 Å². The first kappa shape index (κ1) is 11.5. The van der Waals surface area contributed by atoms with Crippen molar-refractivity contribution in [1.82, 2.24) is 14.6 Å². The summed E-state index contributed by atoms with van der Waals surface area (Å²) in [5.41, 5.74) is 9.26. The van der Waals surface area contributed by atoms with Gasteiger partial charge in [0.05, 0.1) is 19.0 Å². The summed E-state index contributed by atoms with van der Waals surface area (Å²) in [5, 5.41) is 4.44. The molecular weight excluding hydrogens is 240 g/mol. The summed E-state index contributed by atoms with van der Waals surface area (Å²) < 4.78 is 6.85. The van der Waals surface area contributed by atoms with Crippen LogP contribution in [0.2, 0.25) is 0 Å². The molecular formula is C14H14N4O. The maximum atomic E-state index is 5.81. The lowest BCUT2D eigenvalue weighted by molar-refractivity contribution is 0.415. The topological polar surface area (TPSA) is 65.4 Å². The lowest BCUT2D eigenvalue weighted by Crippen LogP contribution is -1.94. The van der Waals surface area contributed by atoms with E-state index in [1.54, 1.807) is 17.8 Å². The normalized spacial score (nSPS) is 10.8. The Bertz CT molecular complexity index is 731. The number of hydrogen-bond donors (Lipinski definition) is 1. The maximum Gasteiger partial charge on any atom is 0.182 e. The minimum absolute atomic E-state index is 0.677. The number of benzene rings is 1. The van der Waals surface area contributed by atoms with E-state index in [-0.39, 0.29) is 0 Å². The van der Waals surface area contributed by atoms with Crippen LogP contribution in [0.5, 0.6) is 5.75 Å². The van der Waals surface area contributed by atoms with E-state index in [0.29, 0.717) is 11.5 Å². The number of aryl methyl sites for hydroxylation is 1. The Morgan fingerprint density at radius 1 is 1.21 bits per heavy atom. The van der Waals surface area contributed by atoms with E-state index in [4.69, 9.17) is 10.5 Å². The molecule has 0 fully saturated rings. The Balaban J connectivity index is 2.12. The Morgan fingerprint density at radius 3 is 2.63 bits per heavy atom. The van der Waals surface area contributed by atoms with E-state index in [1.165, 1.54) is 0 Å². The van der Waals surface area contributed by atoms with E-state index in [9.17, 15) is 0 Å². The third-order valence-corrected chi connectivity index (χ3v) is 2.99. The molecule has 0 saturated carbocycles. The van der Waals surface area contributed by atoms with Crippen LogP contribution in [0.4, 0.5) is 5.69 Å². The lowest BCUT2D eigenvalue weighted by Gasteiger charge is -1.99. The van der Waals surface area contributed by atoms with Gasteiger partial charge in [-0.05, 0) is 42.8 Å². The summed E-state index contributed by atoms with van der Waals surface area (Å²) in [5.74, 6) is 1.49. The van der Waals surface area contributed by atoms with Gasteiger partial charge in [0.2, 0.25) is 0 Å². The number of rotatable bonds is 2. The summed E-state index contributed by atoms with van der Waals surface area (Å²) in [7, 11) is 1.64. The third-order valence-electron chi connectivity index (χ3n) is 2.99. The standard InChI is InChI=1S/C14H14N4O/c1-9-7-11(15)8-18-14(9)16-13(17-18)10-3-5-12(19-2)6-4-10/h3-8H,15H2,1-2H3. The van der Waals surface area contributed by atoms with Crippen molar-refractivity contribution in [3.63, 3.8) is 0 Å². The fourth-order valence-corrected chi connectivity index (χ4v) is 2.04. The smallest absolute Gasteiger partial charge is 0.182 e. The average Bonchev–Trinajstić information content (AvgIpc) is 2.83. The number of pyridine rings is 1. The molecule has 0 aliphatic carbocycles. The molecule has 0 amide bonds. The van der Waals surface area contributed by atoms with Crippen LogP contribution in [0.25, 0.3) is 17.0 Å². The summed E-state index contributed by atoms with van der Waals surface area (Å²) in [6.07, 6.45) is 1.77. The molecule has 19 heavy (non-hydrogen) atoms. The number of nitrogens with two attached hydrogens (primary N) is 1. The second-order valence-corrected chi connectivity index (χ2v) is 4.39. The number of fused-ring (bicyclic) bond motifs is 1. The van der Waals surface area contributed by atoms with Crippen molar-refractivity contribution < 1.29 is 4.74 Å². The molecule has 2 N–H and O–H groups in total.